The molecule has 19 heavy (non-hydrogen) atoms. The van der Waals surface area contributed by atoms with E-state index in [9.17, 15) is 18.0 Å². The van der Waals surface area contributed by atoms with Gasteiger partial charge in [-0.3, -0.25) is 4.79 Å². The minimum atomic E-state index is -1.57. The summed E-state index contributed by atoms with van der Waals surface area (Å²) in [5, 5.41) is 3.43. The van der Waals surface area contributed by atoms with Gasteiger partial charge < -0.3 is 5.32 Å². The number of carbonyl (C=O) groups excluding carboxylic acids is 1. The summed E-state index contributed by atoms with van der Waals surface area (Å²) < 4.78 is 38.6. The molecule has 0 radical (unpaired) electrons. The van der Waals surface area contributed by atoms with Crippen LogP contribution in [0.1, 0.15) is 30.1 Å². The highest BCUT2D eigenvalue weighted by molar-refractivity contribution is 9.09. The van der Waals surface area contributed by atoms with E-state index in [1.54, 1.807) is 0 Å². The first-order valence-corrected chi connectivity index (χ1v) is 7.06. The Hall–Kier alpha value is -1.04. The average molecular weight is 338 g/mol. The van der Waals surface area contributed by atoms with Crippen LogP contribution >= 0.6 is 15.9 Å². The topological polar surface area (TPSA) is 29.1 Å². The molecule has 1 rings (SSSR count). The van der Waals surface area contributed by atoms with Crippen molar-refractivity contribution in [1.29, 1.82) is 0 Å². The second-order valence-corrected chi connectivity index (χ2v) is 5.06. The zero-order valence-electron chi connectivity index (χ0n) is 10.5. The van der Waals surface area contributed by atoms with Gasteiger partial charge >= 0.3 is 0 Å². The molecule has 0 aliphatic rings. The van der Waals surface area contributed by atoms with Gasteiger partial charge in [0, 0.05) is 17.4 Å². The molecule has 1 N–H and O–H groups in total. The molecule has 1 unspecified atom stereocenters. The maximum Gasteiger partial charge on any atom is 0.251 e. The molecule has 0 heterocycles. The maximum absolute atomic E-state index is 12.9. The Bertz CT molecular complexity index is 431. The SMILES string of the molecule is CC(CBr)CCCNC(=O)c1cc(F)c(F)c(F)c1. The normalized spacial score (nSPS) is 12.3. The zero-order chi connectivity index (χ0) is 14.4. The van der Waals surface area contributed by atoms with Crippen LogP contribution in [-0.2, 0) is 0 Å². The smallest absolute Gasteiger partial charge is 0.251 e. The summed E-state index contributed by atoms with van der Waals surface area (Å²) in [5.74, 6) is -4.40. The van der Waals surface area contributed by atoms with E-state index in [0.717, 1.165) is 18.2 Å². The number of hydrogen-bond donors (Lipinski definition) is 1. The molecular formula is C13H15BrF3NO. The Morgan fingerprint density at radius 3 is 2.42 bits per heavy atom. The van der Waals surface area contributed by atoms with Crippen LogP contribution in [0.5, 0.6) is 0 Å². The quantitative estimate of drug-likeness (QED) is 0.479. The van der Waals surface area contributed by atoms with E-state index in [4.69, 9.17) is 0 Å². The van der Waals surface area contributed by atoms with Gasteiger partial charge in [0.05, 0.1) is 0 Å². The number of amides is 1. The Labute approximate surface area is 118 Å². The summed E-state index contributed by atoms with van der Waals surface area (Å²) >= 11 is 3.35. The molecule has 0 aliphatic heterocycles. The second kappa shape index (κ2) is 7.53. The van der Waals surface area contributed by atoms with Crippen LogP contribution in [-0.4, -0.2) is 17.8 Å². The van der Waals surface area contributed by atoms with Gasteiger partial charge in [0.25, 0.3) is 5.91 Å². The van der Waals surface area contributed by atoms with Gasteiger partial charge in [-0.15, -0.1) is 0 Å². The van der Waals surface area contributed by atoms with E-state index in [0.29, 0.717) is 24.6 Å². The van der Waals surface area contributed by atoms with E-state index in [1.807, 2.05) is 0 Å². The highest BCUT2D eigenvalue weighted by Gasteiger charge is 2.14. The second-order valence-electron chi connectivity index (χ2n) is 4.41. The van der Waals surface area contributed by atoms with E-state index >= 15 is 0 Å². The lowest BCUT2D eigenvalue weighted by Gasteiger charge is -2.08. The summed E-state index contributed by atoms with van der Waals surface area (Å²) in [5.41, 5.74) is -0.218. The largest absolute Gasteiger partial charge is 0.352 e. The summed E-state index contributed by atoms with van der Waals surface area (Å²) in [6, 6.07) is 1.38. The van der Waals surface area contributed by atoms with Crippen LogP contribution in [0.15, 0.2) is 12.1 Å². The van der Waals surface area contributed by atoms with Crippen molar-refractivity contribution < 1.29 is 18.0 Å². The Balaban J connectivity index is 2.50. The average Bonchev–Trinajstić information content (AvgIpc) is 2.39. The van der Waals surface area contributed by atoms with Gasteiger partial charge in [-0.05, 0) is 30.9 Å². The molecule has 0 saturated carbocycles. The van der Waals surface area contributed by atoms with E-state index in [2.05, 4.69) is 28.2 Å². The number of halogens is 4. The number of rotatable bonds is 6. The molecule has 1 aromatic carbocycles. The van der Waals surface area contributed by atoms with Gasteiger partial charge in [0.2, 0.25) is 0 Å². The first kappa shape index (κ1) is 16.0. The fraction of sp³-hybridized carbons (Fsp3) is 0.462. The Kier molecular flexibility index (Phi) is 6.34. The lowest BCUT2D eigenvalue weighted by molar-refractivity contribution is 0.0951. The number of carbonyl (C=O) groups is 1. The van der Waals surface area contributed by atoms with Crippen LogP contribution in [0.4, 0.5) is 13.2 Å². The molecule has 0 aromatic heterocycles. The van der Waals surface area contributed by atoms with Gasteiger partial charge in [-0.25, -0.2) is 13.2 Å². The van der Waals surface area contributed by atoms with Crippen LogP contribution in [0.2, 0.25) is 0 Å². The van der Waals surface area contributed by atoms with Gasteiger partial charge in [0.1, 0.15) is 0 Å². The van der Waals surface area contributed by atoms with Crippen molar-refractivity contribution in [2.75, 3.05) is 11.9 Å². The standard InChI is InChI=1S/C13H15BrF3NO/c1-8(7-14)3-2-4-18-13(19)9-5-10(15)12(17)11(16)6-9/h5-6,8H,2-4,7H2,1H3,(H,18,19). The number of nitrogens with one attached hydrogen (secondary N) is 1. The van der Waals surface area contributed by atoms with Crippen molar-refractivity contribution in [2.45, 2.75) is 19.8 Å². The van der Waals surface area contributed by atoms with E-state index in [1.165, 1.54) is 0 Å². The zero-order valence-corrected chi connectivity index (χ0v) is 12.1. The minimum Gasteiger partial charge on any atom is -0.352 e. The van der Waals surface area contributed by atoms with Crippen molar-refractivity contribution in [3.8, 4) is 0 Å². The first-order chi connectivity index (χ1) is 8.95. The van der Waals surface area contributed by atoms with Crippen LogP contribution in [0.25, 0.3) is 0 Å². The third-order valence-electron chi connectivity index (χ3n) is 2.67. The summed E-state index contributed by atoms with van der Waals surface area (Å²) in [7, 11) is 0. The molecule has 6 heteroatoms. The minimum absolute atomic E-state index is 0.218. The van der Waals surface area contributed by atoms with Crippen molar-refractivity contribution in [2.24, 2.45) is 5.92 Å². The predicted molar refractivity (Wildman–Crippen MR) is 70.8 cm³/mol. The van der Waals surface area contributed by atoms with Crippen molar-refractivity contribution >= 4 is 21.8 Å². The third kappa shape index (κ3) is 4.86. The van der Waals surface area contributed by atoms with Gasteiger partial charge in [-0.2, -0.15) is 0 Å². The van der Waals surface area contributed by atoms with Crippen LogP contribution in [0.3, 0.4) is 0 Å². The highest BCUT2D eigenvalue weighted by Crippen LogP contribution is 2.13. The van der Waals surface area contributed by atoms with Crippen LogP contribution < -0.4 is 5.32 Å². The summed E-state index contributed by atoms with van der Waals surface area (Å²) in [6.07, 6.45) is 1.70. The van der Waals surface area contributed by atoms with Crippen molar-refractivity contribution in [3.63, 3.8) is 0 Å². The highest BCUT2D eigenvalue weighted by atomic mass is 79.9. The Morgan fingerprint density at radius 2 is 1.89 bits per heavy atom. The molecular weight excluding hydrogens is 323 g/mol. The molecule has 1 atom stereocenters. The molecule has 0 bridgehead atoms. The summed E-state index contributed by atoms with van der Waals surface area (Å²) in [6.45, 7) is 2.48. The molecule has 1 aromatic rings. The van der Waals surface area contributed by atoms with E-state index < -0.39 is 23.4 Å². The molecule has 106 valence electrons. The fourth-order valence-corrected chi connectivity index (χ4v) is 1.84. The van der Waals surface area contributed by atoms with Crippen molar-refractivity contribution in [3.05, 3.63) is 35.1 Å². The number of benzene rings is 1. The lowest BCUT2D eigenvalue weighted by atomic mass is 10.1. The number of hydrogen-bond acceptors (Lipinski definition) is 1. The van der Waals surface area contributed by atoms with Gasteiger partial charge in [0.15, 0.2) is 17.5 Å². The lowest BCUT2D eigenvalue weighted by Crippen LogP contribution is -2.25. The van der Waals surface area contributed by atoms with Crippen LogP contribution in [0, 0.1) is 23.4 Å². The van der Waals surface area contributed by atoms with Crippen molar-refractivity contribution in [1.82, 2.24) is 5.32 Å². The fourth-order valence-electron chi connectivity index (χ4n) is 1.52. The predicted octanol–water partition coefficient (Wildman–Crippen LogP) is 3.64. The summed E-state index contributed by atoms with van der Waals surface area (Å²) in [4.78, 5) is 11.6. The number of alkyl halides is 1. The third-order valence-corrected chi connectivity index (χ3v) is 3.77. The molecule has 1 amide bonds. The van der Waals surface area contributed by atoms with E-state index in [-0.39, 0.29) is 5.56 Å². The van der Waals surface area contributed by atoms with Gasteiger partial charge in [-0.1, -0.05) is 22.9 Å². The molecule has 0 fully saturated rings. The maximum atomic E-state index is 12.9. The molecule has 0 saturated heterocycles. The monoisotopic (exact) mass is 337 g/mol. The molecule has 0 aliphatic carbocycles. The molecule has 2 nitrogen and oxygen atoms in total. The first-order valence-electron chi connectivity index (χ1n) is 5.94. The Morgan fingerprint density at radius 1 is 1.32 bits per heavy atom. The molecule has 0 spiro atoms.